The summed E-state index contributed by atoms with van der Waals surface area (Å²) >= 11 is 3.02. The van der Waals surface area contributed by atoms with Crippen LogP contribution in [0.2, 0.25) is 0 Å². The minimum absolute atomic E-state index is 0.0775. The Labute approximate surface area is 105 Å². The second kappa shape index (κ2) is 5.35. The van der Waals surface area contributed by atoms with Crippen LogP contribution in [0.15, 0.2) is 18.2 Å². The lowest BCUT2D eigenvalue weighted by molar-refractivity contribution is 0.0691. The Balaban J connectivity index is 3.32. The second-order valence-corrected chi connectivity index (χ2v) is 4.76. The van der Waals surface area contributed by atoms with E-state index in [9.17, 15) is 18.4 Å². The summed E-state index contributed by atoms with van der Waals surface area (Å²) in [4.78, 5) is 22.0. The molecule has 0 amide bonds. The van der Waals surface area contributed by atoms with Crippen LogP contribution in [-0.4, -0.2) is 21.7 Å². The van der Waals surface area contributed by atoms with Crippen LogP contribution >= 0.6 is 15.9 Å². The van der Waals surface area contributed by atoms with Crippen molar-refractivity contribution in [2.75, 3.05) is 0 Å². The third-order valence-electron chi connectivity index (χ3n) is 2.15. The van der Waals surface area contributed by atoms with Crippen LogP contribution in [0.5, 0.6) is 0 Å². The largest absolute Gasteiger partial charge is 0.478 e. The quantitative estimate of drug-likeness (QED) is 0.686. The van der Waals surface area contributed by atoms with Crippen LogP contribution in [0.4, 0.5) is 8.78 Å². The van der Waals surface area contributed by atoms with Gasteiger partial charge in [-0.2, -0.15) is 0 Å². The average molecular weight is 307 g/mol. The highest BCUT2D eigenvalue weighted by Gasteiger charge is 2.21. The van der Waals surface area contributed by atoms with Gasteiger partial charge in [-0.25, -0.2) is 13.6 Å². The Morgan fingerprint density at radius 3 is 2.29 bits per heavy atom. The van der Waals surface area contributed by atoms with Crippen molar-refractivity contribution in [1.82, 2.24) is 0 Å². The average Bonchev–Trinajstić information content (AvgIpc) is 2.26. The van der Waals surface area contributed by atoms with Gasteiger partial charge >= 0.3 is 5.97 Å². The van der Waals surface area contributed by atoms with Crippen molar-refractivity contribution in [3.8, 4) is 0 Å². The first-order valence-corrected chi connectivity index (χ1v) is 5.59. The summed E-state index contributed by atoms with van der Waals surface area (Å²) in [7, 11) is 0. The molecule has 0 aliphatic rings. The molecular formula is C11H9BrF2O3. The molecule has 0 saturated carbocycles. The molecule has 3 nitrogen and oxygen atoms in total. The van der Waals surface area contributed by atoms with E-state index in [1.807, 2.05) is 0 Å². The smallest absolute Gasteiger partial charge is 0.336 e. The van der Waals surface area contributed by atoms with Gasteiger partial charge in [0.25, 0.3) is 6.43 Å². The molecule has 1 atom stereocenters. The lowest BCUT2D eigenvalue weighted by Gasteiger charge is -2.09. The van der Waals surface area contributed by atoms with Crippen LogP contribution in [0.3, 0.4) is 0 Å². The maximum atomic E-state index is 12.4. The van der Waals surface area contributed by atoms with E-state index in [-0.39, 0.29) is 5.56 Å². The van der Waals surface area contributed by atoms with E-state index in [1.165, 1.54) is 6.92 Å². The summed E-state index contributed by atoms with van der Waals surface area (Å²) in [6.07, 6.45) is -2.77. The number of ketones is 1. The van der Waals surface area contributed by atoms with E-state index in [4.69, 9.17) is 5.11 Å². The molecule has 1 aromatic rings. The number of rotatable bonds is 4. The number of carbonyl (C=O) groups excluding carboxylic acids is 1. The van der Waals surface area contributed by atoms with E-state index in [1.54, 1.807) is 0 Å². The van der Waals surface area contributed by atoms with E-state index in [0.717, 1.165) is 18.2 Å². The third-order valence-corrected chi connectivity index (χ3v) is 2.57. The number of carboxylic acids is 1. The maximum absolute atomic E-state index is 12.4. The van der Waals surface area contributed by atoms with Crippen LogP contribution in [0.25, 0.3) is 0 Å². The maximum Gasteiger partial charge on any atom is 0.336 e. The predicted molar refractivity (Wildman–Crippen MR) is 61.1 cm³/mol. The molecule has 1 rings (SSSR count). The molecule has 0 radical (unpaired) electrons. The molecule has 0 aliphatic heterocycles. The molecule has 0 bridgehead atoms. The number of alkyl halides is 3. The number of benzene rings is 1. The summed E-state index contributed by atoms with van der Waals surface area (Å²) in [5, 5.41) is 8.89. The molecule has 6 heteroatoms. The molecule has 1 aromatic carbocycles. The summed E-state index contributed by atoms with van der Waals surface area (Å²) in [6, 6.07) is 3.00. The highest BCUT2D eigenvalue weighted by molar-refractivity contribution is 9.10. The Hall–Kier alpha value is -1.30. The number of carbonyl (C=O) groups is 2. The Morgan fingerprint density at radius 1 is 1.29 bits per heavy atom. The van der Waals surface area contributed by atoms with Crippen molar-refractivity contribution < 1.29 is 23.5 Å². The third kappa shape index (κ3) is 3.09. The first-order valence-electron chi connectivity index (χ1n) is 4.68. The van der Waals surface area contributed by atoms with Gasteiger partial charge in [0.15, 0.2) is 5.78 Å². The monoisotopic (exact) mass is 306 g/mol. The van der Waals surface area contributed by atoms with Crippen molar-refractivity contribution in [2.45, 2.75) is 18.2 Å². The van der Waals surface area contributed by atoms with Crippen molar-refractivity contribution in [1.29, 1.82) is 0 Å². The van der Waals surface area contributed by atoms with E-state index in [0.29, 0.717) is 0 Å². The molecule has 0 spiro atoms. The SMILES string of the molecule is CC(Br)C(=O)c1ccc(C(F)F)cc1C(=O)O. The van der Waals surface area contributed by atoms with Crippen molar-refractivity contribution in [3.05, 3.63) is 34.9 Å². The van der Waals surface area contributed by atoms with Gasteiger partial charge < -0.3 is 5.11 Å². The lowest BCUT2D eigenvalue weighted by Crippen LogP contribution is -2.15. The van der Waals surface area contributed by atoms with Crippen molar-refractivity contribution >= 4 is 27.7 Å². The van der Waals surface area contributed by atoms with Crippen molar-refractivity contribution in [2.24, 2.45) is 0 Å². The summed E-state index contributed by atoms with van der Waals surface area (Å²) < 4.78 is 24.8. The predicted octanol–water partition coefficient (Wildman–Crippen LogP) is 3.29. The fourth-order valence-corrected chi connectivity index (χ4v) is 1.55. The Bertz CT molecular complexity index is 458. The first-order chi connectivity index (χ1) is 7.84. The van der Waals surface area contributed by atoms with Gasteiger partial charge in [-0.3, -0.25) is 4.79 Å². The van der Waals surface area contributed by atoms with Crippen LogP contribution in [0.1, 0.15) is 39.6 Å². The van der Waals surface area contributed by atoms with Crippen LogP contribution < -0.4 is 0 Å². The van der Waals surface area contributed by atoms with Crippen LogP contribution in [-0.2, 0) is 0 Å². The first kappa shape index (κ1) is 13.8. The number of Topliss-reactive ketones (excluding diaryl/α,β-unsaturated/α-hetero) is 1. The highest BCUT2D eigenvalue weighted by Crippen LogP contribution is 2.23. The van der Waals surface area contributed by atoms with Gasteiger partial charge in [-0.1, -0.05) is 28.1 Å². The van der Waals surface area contributed by atoms with Gasteiger partial charge in [-0.05, 0) is 13.0 Å². The standard InChI is InChI=1S/C11H9BrF2O3/c1-5(12)9(15)7-3-2-6(10(13)14)4-8(7)11(16)17/h2-5,10H,1H3,(H,16,17). The number of hydrogen-bond donors (Lipinski definition) is 1. The minimum Gasteiger partial charge on any atom is -0.478 e. The molecule has 17 heavy (non-hydrogen) atoms. The van der Waals surface area contributed by atoms with Gasteiger partial charge in [0.05, 0.1) is 10.4 Å². The molecule has 0 heterocycles. The molecule has 0 fully saturated rings. The fraction of sp³-hybridized carbons (Fsp3) is 0.273. The van der Waals surface area contributed by atoms with Gasteiger partial charge in [0.1, 0.15) is 0 Å². The molecule has 92 valence electrons. The number of carboxylic acid groups (broad SMARTS) is 1. The second-order valence-electron chi connectivity index (χ2n) is 3.39. The van der Waals surface area contributed by atoms with Gasteiger partial charge in [0.2, 0.25) is 0 Å². The number of hydrogen-bond acceptors (Lipinski definition) is 2. The summed E-state index contributed by atoms with van der Waals surface area (Å²) in [5.74, 6) is -1.85. The number of halogens is 3. The van der Waals surface area contributed by atoms with Crippen molar-refractivity contribution in [3.63, 3.8) is 0 Å². The Morgan fingerprint density at radius 2 is 1.88 bits per heavy atom. The van der Waals surface area contributed by atoms with E-state index >= 15 is 0 Å². The van der Waals surface area contributed by atoms with Gasteiger partial charge in [-0.15, -0.1) is 0 Å². The normalized spacial score (nSPS) is 12.5. The van der Waals surface area contributed by atoms with Crippen LogP contribution in [0, 0.1) is 0 Å². The Kier molecular flexibility index (Phi) is 4.34. The molecular weight excluding hydrogens is 298 g/mol. The zero-order valence-corrected chi connectivity index (χ0v) is 10.4. The van der Waals surface area contributed by atoms with E-state index in [2.05, 4.69) is 15.9 Å². The summed E-state index contributed by atoms with van der Waals surface area (Å²) in [6.45, 7) is 1.54. The zero-order valence-electron chi connectivity index (χ0n) is 8.78. The molecule has 0 aliphatic carbocycles. The highest BCUT2D eigenvalue weighted by atomic mass is 79.9. The molecule has 1 N–H and O–H groups in total. The number of aromatic carboxylic acids is 1. The fourth-order valence-electron chi connectivity index (χ4n) is 1.30. The molecule has 1 unspecified atom stereocenters. The van der Waals surface area contributed by atoms with Gasteiger partial charge in [0, 0.05) is 11.1 Å². The topological polar surface area (TPSA) is 54.4 Å². The molecule has 0 saturated heterocycles. The minimum atomic E-state index is -2.77. The summed E-state index contributed by atoms with van der Waals surface area (Å²) in [5.41, 5.74) is -0.897. The van der Waals surface area contributed by atoms with E-state index < -0.39 is 34.1 Å². The zero-order chi connectivity index (χ0) is 13.2. The lowest BCUT2D eigenvalue weighted by atomic mass is 9.99. The molecule has 0 aromatic heterocycles.